The summed E-state index contributed by atoms with van der Waals surface area (Å²) < 4.78 is 38.6. The molecule has 2 unspecified atom stereocenters. The number of hydrogen-bond donors (Lipinski definition) is 0. The van der Waals surface area contributed by atoms with E-state index in [1.807, 2.05) is 19.9 Å². The van der Waals surface area contributed by atoms with Gasteiger partial charge in [-0.1, -0.05) is 49.7 Å². The number of hydrogen-bond acceptors (Lipinski definition) is 4. The smallest absolute Gasteiger partial charge is 0.315 e. The van der Waals surface area contributed by atoms with E-state index < -0.39 is 29.6 Å². The third-order valence-electron chi connectivity index (χ3n) is 4.78. The molecule has 0 saturated carbocycles. The van der Waals surface area contributed by atoms with Crippen LogP contribution in [0, 0.1) is 28.9 Å². The molecule has 0 saturated heterocycles. The van der Waals surface area contributed by atoms with E-state index in [9.17, 15) is 18.8 Å². The lowest BCUT2D eigenvalue weighted by Gasteiger charge is -2.22. The van der Waals surface area contributed by atoms with Gasteiger partial charge < -0.3 is 9.47 Å². The molecular weight excluding hydrogens is 436 g/mol. The quantitative estimate of drug-likeness (QED) is 0.361. The maximum atomic E-state index is 14.3. The molecule has 0 heterocycles. The number of esters is 1. The van der Waals surface area contributed by atoms with Crippen LogP contribution in [-0.2, 0) is 9.53 Å². The van der Waals surface area contributed by atoms with E-state index in [4.69, 9.17) is 21.1 Å². The fourth-order valence-corrected chi connectivity index (χ4v) is 3.37. The molecule has 0 aliphatic carbocycles. The molecule has 7 heteroatoms. The lowest BCUT2D eigenvalue weighted by atomic mass is 9.88. The van der Waals surface area contributed by atoms with Crippen LogP contribution in [0.3, 0.4) is 0 Å². The van der Waals surface area contributed by atoms with Crippen LogP contribution in [0.1, 0.15) is 37.0 Å². The third kappa shape index (κ3) is 5.63. The Morgan fingerprint density at radius 2 is 1.69 bits per heavy atom. The molecule has 0 aliphatic rings. The summed E-state index contributed by atoms with van der Waals surface area (Å²) in [6.45, 7) is 3.73. The summed E-state index contributed by atoms with van der Waals surface area (Å²) in [7, 11) is 0. The van der Waals surface area contributed by atoms with Gasteiger partial charge in [0.05, 0.1) is 5.92 Å². The summed E-state index contributed by atoms with van der Waals surface area (Å²) in [4.78, 5) is 12.9. The van der Waals surface area contributed by atoms with Gasteiger partial charge >= 0.3 is 5.97 Å². The summed E-state index contributed by atoms with van der Waals surface area (Å²) in [6, 6.07) is 17.7. The summed E-state index contributed by atoms with van der Waals surface area (Å²) >= 11 is 5.93. The van der Waals surface area contributed by atoms with Gasteiger partial charge in [-0.25, -0.2) is 8.78 Å². The van der Waals surface area contributed by atoms with Crippen molar-refractivity contribution in [3.63, 3.8) is 0 Å². The number of nitriles is 1. The lowest BCUT2D eigenvalue weighted by molar-refractivity contribution is -0.150. The molecule has 3 rings (SSSR count). The van der Waals surface area contributed by atoms with E-state index in [1.54, 1.807) is 24.3 Å². The Hall–Kier alpha value is -3.43. The van der Waals surface area contributed by atoms with Gasteiger partial charge in [-0.2, -0.15) is 5.26 Å². The van der Waals surface area contributed by atoms with Crippen molar-refractivity contribution >= 4 is 17.6 Å². The Balaban J connectivity index is 1.83. The first-order chi connectivity index (χ1) is 15.3. The molecule has 0 aromatic heterocycles. The number of halogens is 3. The molecule has 2 atom stereocenters. The topological polar surface area (TPSA) is 59.3 Å². The SMILES string of the molecule is CC(C)C(C(=O)OC(C#N)c1ccc(F)c(Oc2cccc(F)c2)c1)c1ccc(Cl)cc1. The molecule has 0 spiro atoms. The highest BCUT2D eigenvalue weighted by Gasteiger charge is 2.29. The van der Waals surface area contributed by atoms with E-state index in [1.165, 1.54) is 30.3 Å². The van der Waals surface area contributed by atoms with Crippen molar-refractivity contribution in [3.8, 4) is 17.6 Å². The highest BCUT2D eigenvalue weighted by atomic mass is 35.5. The number of carbonyl (C=O) groups is 1. The molecule has 0 bridgehead atoms. The van der Waals surface area contributed by atoms with Crippen LogP contribution in [0.15, 0.2) is 66.7 Å². The number of nitrogens with zero attached hydrogens (tertiary/aromatic N) is 1. The Labute approximate surface area is 190 Å². The van der Waals surface area contributed by atoms with Gasteiger partial charge in [0.2, 0.25) is 6.10 Å². The van der Waals surface area contributed by atoms with Crippen LogP contribution >= 0.6 is 11.6 Å². The minimum Gasteiger partial charge on any atom is -0.454 e. The normalized spacial score (nSPS) is 12.7. The van der Waals surface area contributed by atoms with Gasteiger partial charge in [-0.3, -0.25) is 4.79 Å². The predicted octanol–water partition coefficient (Wildman–Crippen LogP) is 6.96. The molecule has 32 heavy (non-hydrogen) atoms. The highest BCUT2D eigenvalue weighted by Crippen LogP contribution is 2.32. The van der Waals surface area contributed by atoms with Crippen LogP contribution in [-0.4, -0.2) is 5.97 Å². The molecule has 0 fully saturated rings. The van der Waals surface area contributed by atoms with Gasteiger partial charge in [-0.15, -0.1) is 0 Å². The highest BCUT2D eigenvalue weighted by molar-refractivity contribution is 6.30. The van der Waals surface area contributed by atoms with Crippen LogP contribution in [0.2, 0.25) is 5.02 Å². The zero-order valence-corrected chi connectivity index (χ0v) is 18.1. The second-order valence-corrected chi connectivity index (χ2v) is 7.90. The standard InChI is InChI=1S/C25H20ClF2NO3/c1-15(2)24(16-6-9-18(26)10-7-16)25(30)32-23(14-29)17-8-11-21(28)22(12-17)31-20-5-3-4-19(27)13-20/h3-13,15,23-24H,1-2H3. The zero-order valence-electron chi connectivity index (χ0n) is 17.4. The third-order valence-corrected chi connectivity index (χ3v) is 5.03. The van der Waals surface area contributed by atoms with Crippen LogP contribution in [0.4, 0.5) is 8.78 Å². The molecule has 0 radical (unpaired) electrons. The summed E-state index contributed by atoms with van der Waals surface area (Å²) in [5.74, 6) is -2.69. The fraction of sp³-hybridized carbons (Fsp3) is 0.200. The second-order valence-electron chi connectivity index (χ2n) is 7.47. The molecule has 0 N–H and O–H groups in total. The Morgan fingerprint density at radius 3 is 2.31 bits per heavy atom. The van der Waals surface area contributed by atoms with Crippen molar-refractivity contribution in [2.24, 2.45) is 5.92 Å². The largest absolute Gasteiger partial charge is 0.454 e. The van der Waals surface area contributed by atoms with Gasteiger partial charge in [0.1, 0.15) is 17.6 Å². The van der Waals surface area contributed by atoms with E-state index in [2.05, 4.69) is 0 Å². The number of carbonyl (C=O) groups excluding carboxylic acids is 1. The number of ether oxygens (including phenoxy) is 2. The maximum absolute atomic E-state index is 14.3. The Morgan fingerprint density at radius 1 is 1.00 bits per heavy atom. The minimum absolute atomic E-state index is 0.0918. The summed E-state index contributed by atoms with van der Waals surface area (Å²) in [6.07, 6.45) is -1.29. The minimum atomic E-state index is -1.29. The number of rotatable bonds is 7. The van der Waals surface area contributed by atoms with Crippen molar-refractivity contribution in [1.29, 1.82) is 5.26 Å². The van der Waals surface area contributed by atoms with Gasteiger partial charge in [0.15, 0.2) is 11.6 Å². The van der Waals surface area contributed by atoms with Crippen LogP contribution < -0.4 is 4.74 Å². The molecule has 3 aromatic carbocycles. The summed E-state index contributed by atoms with van der Waals surface area (Å²) in [5, 5.41) is 10.2. The van der Waals surface area contributed by atoms with Gasteiger partial charge in [0, 0.05) is 16.7 Å². The second kappa shape index (κ2) is 10.3. The Kier molecular flexibility index (Phi) is 7.45. The molecule has 0 amide bonds. The van der Waals surface area contributed by atoms with Gasteiger partial charge in [0.25, 0.3) is 0 Å². The fourth-order valence-electron chi connectivity index (χ4n) is 3.24. The Bertz CT molecular complexity index is 1140. The van der Waals surface area contributed by atoms with Crippen molar-refractivity contribution in [2.75, 3.05) is 0 Å². The van der Waals surface area contributed by atoms with Crippen LogP contribution in [0.25, 0.3) is 0 Å². The van der Waals surface area contributed by atoms with Crippen LogP contribution in [0.5, 0.6) is 11.5 Å². The monoisotopic (exact) mass is 455 g/mol. The molecule has 3 aromatic rings. The average Bonchev–Trinajstić information content (AvgIpc) is 2.75. The number of benzene rings is 3. The lowest BCUT2D eigenvalue weighted by Crippen LogP contribution is -2.22. The predicted molar refractivity (Wildman–Crippen MR) is 116 cm³/mol. The molecule has 164 valence electrons. The molecule has 4 nitrogen and oxygen atoms in total. The van der Waals surface area contributed by atoms with E-state index in [0.29, 0.717) is 10.6 Å². The average molecular weight is 456 g/mol. The first-order valence-electron chi connectivity index (χ1n) is 9.87. The van der Waals surface area contributed by atoms with E-state index >= 15 is 0 Å². The molecular formula is C25H20ClF2NO3. The van der Waals surface area contributed by atoms with Gasteiger partial charge in [-0.05, 0) is 47.9 Å². The maximum Gasteiger partial charge on any atom is 0.315 e. The van der Waals surface area contributed by atoms with Crippen molar-refractivity contribution in [2.45, 2.75) is 25.9 Å². The molecule has 0 aliphatic heterocycles. The van der Waals surface area contributed by atoms with E-state index in [-0.39, 0.29) is 23.0 Å². The first kappa shape index (κ1) is 23.2. The van der Waals surface area contributed by atoms with Crippen molar-refractivity contribution < 1.29 is 23.0 Å². The summed E-state index contributed by atoms with van der Waals surface area (Å²) in [5.41, 5.74) is 0.938. The first-order valence-corrected chi connectivity index (χ1v) is 10.2. The van der Waals surface area contributed by atoms with Crippen molar-refractivity contribution in [1.82, 2.24) is 0 Å². The van der Waals surface area contributed by atoms with Crippen molar-refractivity contribution in [3.05, 3.63) is 94.5 Å². The zero-order chi connectivity index (χ0) is 23.3. The van der Waals surface area contributed by atoms with E-state index in [0.717, 1.165) is 12.1 Å².